The minimum atomic E-state index is -0.513. The van der Waals surface area contributed by atoms with E-state index >= 15 is 0 Å². The highest BCUT2D eigenvalue weighted by atomic mass is 35.5. The van der Waals surface area contributed by atoms with Gasteiger partial charge in [-0.05, 0) is 66.1 Å². The fraction of sp³-hybridized carbons (Fsp3) is 0.323. The first-order valence-electron chi connectivity index (χ1n) is 13.3. The average molecular weight is 530 g/mol. The summed E-state index contributed by atoms with van der Waals surface area (Å²) in [5.41, 5.74) is 11.1. The largest absolute Gasteiger partial charge is 0.393 e. The van der Waals surface area contributed by atoms with Gasteiger partial charge in [0.25, 0.3) is 5.91 Å². The van der Waals surface area contributed by atoms with Gasteiger partial charge in [0.05, 0.1) is 22.7 Å². The number of aliphatic hydroxyl groups is 1. The van der Waals surface area contributed by atoms with Crippen molar-refractivity contribution in [1.29, 1.82) is 0 Å². The maximum absolute atomic E-state index is 12.3. The number of rotatable bonds is 8. The van der Waals surface area contributed by atoms with E-state index in [0.29, 0.717) is 30.0 Å². The molecule has 3 N–H and O–H groups in total. The topological polar surface area (TPSA) is 75.5 Å². The van der Waals surface area contributed by atoms with E-state index in [1.165, 1.54) is 24.0 Å². The van der Waals surface area contributed by atoms with Gasteiger partial charge >= 0.3 is 0 Å². The van der Waals surface area contributed by atoms with E-state index in [-0.39, 0.29) is 18.2 Å². The van der Waals surface area contributed by atoms with Crippen molar-refractivity contribution in [2.75, 3.05) is 6.54 Å². The molecule has 1 saturated heterocycles. The summed E-state index contributed by atoms with van der Waals surface area (Å²) in [5, 5.41) is 12.4. The molecule has 3 aromatic carbocycles. The van der Waals surface area contributed by atoms with Crippen LogP contribution in [0.3, 0.4) is 0 Å². The third kappa shape index (κ3) is 5.49. The van der Waals surface area contributed by atoms with Crippen LogP contribution >= 0.6 is 11.6 Å². The summed E-state index contributed by atoms with van der Waals surface area (Å²) in [6.45, 7) is 0.381. The van der Waals surface area contributed by atoms with E-state index in [4.69, 9.17) is 16.3 Å². The maximum atomic E-state index is 12.3. The Hall–Kier alpha value is -3.16. The van der Waals surface area contributed by atoms with Crippen LogP contribution in [0.25, 0.3) is 10.9 Å². The Kier molecular flexibility index (Phi) is 7.22. The van der Waals surface area contributed by atoms with E-state index in [0.717, 1.165) is 28.8 Å². The van der Waals surface area contributed by atoms with Crippen molar-refractivity contribution < 1.29 is 14.6 Å². The number of hydrogen-bond donors (Lipinski definition) is 3. The number of hydrogen-bond acceptors (Lipinski definition) is 4. The summed E-state index contributed by atoms with van der Waals surface area (Å²) in [6, 6.07) is 23.9. The highest BCUT2D eigenvalue weighted by Gasteiger charge is 2.31. The van der Waals surface area contributed by atoms with Crippen molar-refractivity contribution in [1.82, 2.24) is 15.4 Å². The van der Waals surface area contributed by atoms with Crippen LogP contribution < -0.4 is 10.9 Å². The van der Waals surface area contributed by atoms with Crippen LogP contribution in [-0.4, -0.2) is 34.3 Å². The van der Waals surface area contributed by atoms with Gasteiger partial charge in [-0.15, -0.1) is 0 Å². The third-order valence-electron chi connectivity index (χ3n) is 7.54. The molecule has 4 aromatic rings. The zero-order chi connectivity index (χ0) is 26.1. The predicted octanol–water partition coefficient (Wildman–Crippen LogP) is 5.74. The number of benzene rings is 3. The second-order valence-electron chi connectivity index (χ2n) is 10.4. The number of nitrogens with zero attached hydrogens (tertiary/aromatic N) is 1. The third-order valence-corrected chi connectivity index (χ3v) is 7.86. The molecule has 38 heavy (non-hydrogen) atoms. The van der Waals surface area contributed by atoms with Crippen molar-refractivity contribution >= 4 is 28.4 Å². The van der Waals surface area contributed by atoms with Gasteiger partial charge in [-0.3, -0.25) is 10.2 Å². The summed E-state index contributed by atoms with van der Waals surface area (Å²) < 4.78 is 8.54. The lowest BCUT2D eigenvalue weighted by Gasteiger charge is -2.34. The summed E-state index contributed by atoms with van der Waals surface area (Å²) in [4.78, 5) is 12.3. The fourth-order valence-electron chi connectivity index (χ4n) is 5.45. The van der Waals surface area contributed by atoms with E-state index in [2.05, 4.69) is 51.9 Å². The number of fused-ring (bicyclic) bond motifs is 1. The standard InChI is InChI=1S/C31H32ClN3O3/c32-27-7-4-8-28-30(27)24(15-20-9-11-21(12-10-20)22-13-14-22)19-35(28)29-17-25(36)16-26(38-29)18-33-34-31(37)23-5-2-1-3-6-23/h1-12,19,22,25-26,29,33,36H,13-18H2,(H,34,37). The van der Waals surface area contributed by atoms with Crippen molar-refractivity contribution in [2.45, 2.75) is 56.5 Å². The van der Waals surface area contributed by atoms with Crippen LogP contribution in [0.5, 0.6) is 0 Å². The maximum Gasteiger partial charge on any atom is 0.265 e. The molecular formula is C31H32ClN3O3. The first-order chi connectivity index (χ1) is 18.5. The molecule has 1 saturated carbocycles. The van der Waals surface area contributed by atoms with E-state index in [1.807, 2.05) is 30.3 Å². The number of amides is 1. The van der Waals surface area contributed by atoms with Crippen LogP contribution in [0.15, 0.2) is 79.0 Å². The normalized spacial score (nSPS) is 21.5. The molecule has 3 unspecified atom stereocenters. The summed E-state index contributed by atoms with van der Waals surface area (Å²) in [7, 11) is 0. The molecule has 1 aliphatic heterocycles. The molecular weight excluding hydrogens is 498 g/mol. The number of aliphatic hydroxyl groups excluding tert-OH is 1. The molecule has 1 aromatic heterocycles. The number of halogens is 1. The second kappa shape index (κ2) is 10.9. The SMILES string of the molecule is O=C(NNCC1CC(O)CC(n2cc(Cc3ccc(C4CC4)cc3)c3c(Cl)cccc32)O1)c1ccccc1. The lowest BCUT2D eigenvalue weighted by Crippen LogP contribution is -2.45. The number of aromatic nitrogens is 1. The lowest BCUT2D eigenvalue weighted by molar-refractivity contribution is -0.125. The molecule has 6 nitrogen and oxygen atoms in total. The molecule has 6 rings (SSSR count). The zero-order valence-corrected chi connectivity index (χ0v) is 21.9. The smallest absolute Gasteiger partial charge is 0.265 e. The van der Waals surface area contributed by atoms with E-state index in [1.54, 1.807) is 12.1 Å². The Morgan fingerprint density at radius 1 is 1.00 bits per heavy atom. The molecule has 1 amide bonds. The molecule has 2 aliphatic rings. The monoisotopic (exact) mass is 529 g/mol. The molecule has 7 heteroatoms. The van der Waals surface area contributed by atoms with Crippen LogP contribution in [0.4, 0.5) is 0 Å². The minimum Gasteiger partial charge on any atom is -0.393 e. The van der Waals surface area contributed by atoms with Gasteiger partial charge in [0.1, 0.15) is 6.23 Å². The Morgan fingerprint density at radius 3 is 2.55 bits per heavy atom. The first kappa shape index (κ1) is 25.1. The number of carbonyl (C=O) groups is 1. The summed E-state index contributed by atoms with van der Waals surface area (Å²) >= 11 is 6.71. The number of ether oxygens (including phenoxy) is 1. The van der Waals surface area contributed by atoms with Crippen LogP contribution in [0.1, 0.15) is 64.9 Å². The van der Waals surface area contributed by atoms with Gasteiger partial charge in [-0.2, -0.15) is 0 Å². The Bertz CT molecular complexity index is 1420. The number of hydrazine groups is 1. The fourth-order valence-corrected chi connectivity index (χ4v) is 5.74. The summed E-state index contributed by atoms with van der Waals surface area (Å²) in [5.74, 6) is 0.531. The van der Waals surface area contributed by atoms with Gasteiger partial charge in [0.15, 0.2) is 0 Å². The molecule has 2 heterocycles. The van der Waals surface area contributed by atoms with Crippen LogP contribution in [0.2, 0.25) is 5.02 Å². The molecule has 3 atom stereocenters. The molecule has 0 radical (unpaired) electrons. The van der Waals surface area contributed by atoms with Gasteiger partial charge in [-0.25, -0.2) is 5.43 Å². The summed E-state index contributed by atoms with van der Waals surface area (Å²) in [6.07, 6.45) is 5.33. The van der Waals surface area contributed by atoms with Crippen molar-refractivity contribution in [3.63, 3.8) is 0 Å². The molecule has 0 bridgehead atoms. The van der Waals surface area contributed by atoms with Crippen LogP contribution in [0, 0.1) is 0 Å². The van der Waals surface area contributed by atoms with Gasteiger partial charge < -0.3 is 14.4 Å². The van der Waals surface area contributed by atoms with Gasteiger partial charge in [-0.1, -0.05) is 60.1 Å². The highest BCUT2D eigenvalue weighted by Crippen LogP contribution is 2.40. The van der Waals surface area contributed by atoms with E-state index < -0.39 is 6.10 Å². The lowest BCUT2D eigenvalue weighted by atomic mass is 10.0. The average Bonchev–Trinajstić information content (AvgIpc) is 3.71. The molecule has 2 fully saturated rings. The van der Waals surface area contributed by atoms with Crippen molar-refractivity contribution in [2.24, 2.45) is 0 Å². The van der Waals surface area contributed by atoms with Crippen LogP contribution in [-0.2, 0) is 11.2 Å². The van der Waals surface area contributed by atoms with E-state index in [9.17, 15) is 9.90 Å². The first-order valence-corrected chi connectivity index (χ1v) is 13.7. The zero-order valence-electron chi connectivity index (χ0n) is 21.1. The molecule has 196 valence electrons. The second-order valence-corrected chi connectivity index (χ2v) is 10.8. The minimum absolute atomic E-state index is 0.209. The highest BCUT2D eigenvalue weighted by molar-refractivity contribution is 6.35. The Morgan fingerprint density at radius 2 is 1.79 bits per heavy atom. The quantitative estimate of drug-likeness (QED) is 0.255. The molecule has 0 spiro atoms. The van der Waals surface area contributed by atoms with Gasteiger partial charge in [0.2, 0.25) is 0 Å². The number of carbonyl (C=O) groups excluding carboxylic acids is 1. The van der Waals surface area contributed by atoms with Crippen molar-refractivity contribution in [3.8, 4) is 0 Å². The predicted molar refractivity (Wildman–Crippen MR) is 149 cm³/mol. The Balaban J connectivity index is 1.18. The Labute approximate surface area is 227 Å². The van der Waals surface area contributed by atoms with Crippen molar-refractivity contribution in [3.05, 3.63) is 106 Å². The van der Waals surface area contributed by atoms with Gasteiger partial charge in [0, 0.05) is 36.5 Å². The molecule has 1 aliphatic carbocycles. The number of nitrogens with one attached hydrogen (secondary N) is 2.